The normalized spacial score (nSPS) is 14.3. The molecule has 0 fully saturated rings. The van der Waals surface area contributed by atoms with Crippen molar-refractivity contribution in [3.05, 3.63) is 0 Å². The lowest BCUT2D eigenvalue weighted by Crippen LogP contribution is -2.26. The van der Waals surface area contributed by atoms with Crippen LogP contribution in [0.25, 0.3) is 0 Å². The number of hydrogen-bond donors (Lipinski definition) is 0. The van der Waals surface area contributed by atoms with Crippen LogP contribution in [0.5, 0.6) is 0 Å². The van der Waals surface area contributed by atoms with Crippen LogP contribution in [0.15, 0.2) is 0 Å². The maximum atomic E-state index is 11.5. The van der Waals surface area contributed by atoms with Crippen LogP contribution in [0.1, 0.15) is 0 Å². The van der Waals surface area contributed by atoms with Gasteiger partial charge < -0.3 is 0 Å². The Morgan fingerprint density at radius 3 is 1.79 bits per heavy atom. The first-order valence-corrected chi connectivity index (χ1v) is 5.98. The number of rotatable bonds is 4. The van der Waals surface area contributed by atoms with Gasteiger partial charge in [-0.25, -0.2) is 8.37 Å². The molecule has 0 bridgehead atoms. The summed E-state index contributed by atoms with van der Waals surface area (Å²) in [6.45, 7) is -1.54. The maximum Gasteiger partial charge on any atom is 0.523 e. The minimum atomic E-state index is -5.81. The first-order chi connectivity index (χ1) is 5.96. The third-order valence-corrected chi connectivity index (χ3v) is 2.25. The van der Waals surface area contributed by atoms with Gasteiger partial charge in [0, 0.05) is 0 Å². The molecular weight excluding hydrogens is 253 g/mol. The molecule has 0 saturated heterocycles. The van der Waals surface area contributed by atoms with Crippen molar-refractivity contribution in [3.63, 3.8) is 0 Å². The van der Waals surface area contributed by atoms with Crippen LogP contribution in [0.3, 0.4) is 0 Å². The number of hydrogen-bond acceptors (Lipinski definition) is 6. The molecule has 0 amide bonds. The lowest BCUT2D eigenvalue weighted by molar-refractivity contribution is -0.0586. The second-order valence-corrected chi connectivity index (χ2v) is 5.21. The van der Waals surface area contributed by atoms with Gasteiger partial charge in [-0.1, -0.05) is 0 Å². The highest BCUT2D eigenvalue weighted by Crippen LogP contribution is 2.24. The van der Waals surface area contributed by atoms with Gasteiger partial charge in [0.15, 0.2) is 6.79 Å². The van der Waals surface area contributed by atoms with Gasteiger partial charge in [0.2, 0.25) is 0 Å². The quantitative estimate of drug-likeness (QED) is 0.394. The predicted molar refractivity (Wildman–Crippen MR) is 36.9 cm³/mol. The smallest absolute Gasteiger partial charge is 0.240 e. The Balaban J connectivity index is 4.31. The van der Waals surface area contributed by atoms with Crippen molar-refractivity contribution in [1.82, 2.24) is 0 Å². The van der Waals surface area contributed by atoms with Crippen molar-refractivity contribution >= 4 is 20.2 Å². The molecule has 0 N–H and O–H groups in total. The van der Waals surface area contributed by atoms with E-state index in [4.69, 9.17) is 0 Å². The van der Waals surface area contributed by atoms with E-state index in [0.717, 1.165) is 0 Å². The minimum absolute atomic E-state index is 0.524. The van der Waals surface area contributed by atoms with E-state index >= 15 is 0 Å². The Kier molecular flexibility index (Phi) is 3.89. The van der Waals surface area contributed by atoms with Gasteiger partial charge in [0.05, 0.1) is 6.26 Å². The molecule has 0 heterocycles. The molecule has 0 spiro atoms. The summed E-state index contributed by atoms with van der Waals surface area (Å²) in [6, 6.07) is 0. The van der Waals surface area contributed by atoms with Crippen LogP contribution in [0, 0.1) is 0 Å². The van der Waals surface area contributed by atoms with Crippen LogP contribution in [-0.4, -0.2) is 35.4 Å². The minimum Gasteiger partial charge on any atom is -0.240 e. The second kappa shape index (κ2) is 4.00. The van der Waals surface area contributed by atoms with Crippen LogP contribution < -0.4 is 0 Å². The van der Waals surface area contributed by atoms with Crippen molar-refractivity contribution in [2.24, 2.45) is 0 Å². The van der Waals surface area contributed by atoms with Crippen molar-refractivity contribution < 1.29 is 38.4 Å². The summed E-state index contributed by atoms with van der Waals surface area (Å²) in [6.07, 6.45) is 0.524. The van der Waals surface area contributed by atoms with Crippen molar-refractivity contribution in [2.45, 2.75) is 5.51 Å². The standard InChI is InChI=1S/C3H5F3O6S2/c1-13(7,8)11-2-12-14(9,10)3(4,5)6/h2H2,1H3. The summed E-state index contributed by atoms with van der Waals surface area (Å²) in [5.41, 5.74) is -5.60. The molecule has 0 unspecified atom stereocenters. The van der Waals surface area contributed by atoms with E-state index in [1.54, 1.807) is 0 Å². The third kappa shape index (κ3) is 4.74. The highest BCUT2D eigenvalue weighted by atomic mass is 32.2. The molecule has 86 valence electrons. The lowest BCUT2D eigenvalue weighted by Gasteiger charge is -2.07. The summed E-state index contributed by atoms with van der Waals surface area (Å²) >= 11 is 0. The molecule has 0 aromatic carbocycles. The fourth-order valence-corrected chi connectivity index (χ4v) is 0.829. The molecular formula is C3H5F3O6S2. The predicted octanol–water partition coefficient (Wildman–Crippen LogP) is -0.214. The second-order valence-electron chi connectivity index (χ2n) is 1.96. The SMILES string of the molecule is CS(=O)(=O)OCOS(=O)(=O)C(F)(F)F. The fraction of sp³-hybridized carbons (Fsp3) is 1.00. The molecule has 0 aliphatic rings. The van der Waals surface area contributed by atoms with E-state index in [2.05, 4.69) is 8.37 Å². The van der Waals surface area contributed by atoms with E-state index in [0.29, 0.717) is 6.26 Å². The molecule has 0 aromatic rings. The van der Waals surface area contributed by atoms with Crippen LogP contribution in [-0.2, 0) is 28.6 Å². The first-order valence-electron chi connectivity index (χ1n) is 2.76. The summed E-state index contributed by atoms with van der Waals surface area (Å²) < 4.78 is 82.1. The van der Waals surface area contributed by atoms with E-state index in [1.807, 2.05) is 0 Å². The molecule has 0 rings (SSSR count). The molecule has 14 heavy (non-hydrogen) atoms. The first kappa shape index (κ1) is 13.6. The zero-order chi connectivity index (χ0) is 11.6. The highest BCUT2D eigenvalue weighted by molar-refractivity contribution is 7.87. The Bertz CT molecular complexity index is 377. The maximum absolute atomic E-state index is 11.5. The molecule has 0 atom stereocenters. The largest absolute Gasteiger partial charge is 0.523 e. The number of alkyl halides is 3. The Hall–Kier alpha value is -0.390. The molecule has 0 radical (unpaired) electrons. The Labute approximate surface area is 77.9 Å². The van der Waals surface area contributed by atoms with Gasteiger partial charge in [0.25, 0.3) is 10.1 Å². The van der Waals surface area contributed by atoms with Gasteiger partial charge in [-0.15, -0.1) is 0 Å². The average Bonchev–Trinajstić information content (AvgIpc) is 1.80. The Morgan fingerprint density at radius 1 is 1.07 bits per heavy atom. The summed E-state index contributed by atoms with van der Waals surface area (Å²) in [4.78, 5) is 0. The molecule has 0 aromatic heterocycles. The highest BCUT2D eigenvalue weighted by Gasteiger charge is 2.47. The van der Waals surface area contributed by atoms with Crippen molar-refractivity contribution in [1.29, 1.82) is 0 Å². The van der Waals surface area contributed by atoms with Crippen LogP contribution >= 0.6 is 0 Å². The fourth-order valence-electron chi connectivity index (χ4n) is 0.237. The van der Waals surface area contributed by atoms with E-state index in [9.17, 15) is 30.0 Å². The van der Waals surface area contributed by atoms with Crippen LogP contribution in [0.2, 0.25) is 0 Å². The summed E-state index contributed by atoms with van der Waals surface area (Å²) in [5.74, 6) is 0. The average molecular weight is 258 g/mol. The van der Waals surface area contributed by atoms with Gasteiger partial charge in [-0.2, -0.15) is 30.0 Å². The molecule has 0 aliphatic heterocycles. The zero-order valence-corrected chi connectivity index (χ0v) is 8.24. The van der Waals surface area contributed by atoms with Gasteiger partial charge in [0.1, 0.15) is 0 Å². The monoisotopic (exact) mass is 258 g/mol. The van der Waals surface area contributed by atoms with Crippen LogP contribution in [0.4, 0.5) is 13.2 Å². The van der Waals surface area contributed by atoms with Crippen molar-refractivity contribution in [2.75, 3.05) is 13.0 Å². The molecule has 11 heteroatoms. The van der Waals surface area contributed by atoms with Crippen molar-refractivity contribution in [3.8, 4) is 0 Å². The van der Waals surface area contributed by atoms with E-state index in [1.165, 1.54) is 0 Å². The molecule has 6 nitrogen and oxygen atoms in total. The zero-order valence-electron chi connectivity index (χ0n) is 6.61. The van der Waals surface area contributed by atoms with Gasteiger partial charge in [-0.05, 0) is 0 Å². The summed E-state index contributed by atoms with van der Waals surface area (Å²) in [7, 11) is -9.86. The number of halogens is 3. The molecule has 0 saturated carbocycles. The lowest BCUT2D eigenvalue weighted by atomic mass is 11.5. The molecule has 0 aliphatic carbocycles. The van der Waals surface area contributed by atoms with E-state index < -0.39 is 32.5 Å². The topological polar surface area (TPSA) is 86.7 Å². The summed E-state index contributed by atoms with van der Waals surface area (Å²) in [5, 5.41) is 0. The third-order valence-electron chi connectivity index (χ3n) is 0.749. The van der Waals surface area contributed by atoms with Gasteiger partial charge in [-0.3, -0.25) is 0 Å². The van der Waals surface area contributed by atoms with E-state index in [-0.39, 0.29) is 0 Å². The Morgan fingerprint density at radius 2 is 1.50 bits per heavy atom. The van der Waals surface area contributed by atoms with Gasteiger partial charge >= 0.3 is 15.6 Å².